The average Bonchev–Trinajstić information content (AvgIpc) is 2.33. The van der Waals surface area contributed by atoms with Crippen molar-refractivity contribution in [2.45, 2.75) is 29.9 Å². The van der Waals surface area contributed by atoms with Crippen LogP contribution in [0.4, 0.5) is 0 Å². The van der Waals surface area contributed by atoms with E-state index in [9.17, 15) is 8.42 Å². The topological polar surface area (TPSA) is 90.2 Å². The number of nitrogens with one attached hydrogen (secondary N) is 2. The van der Waals surface area contributed by atoms with E-state index in [4.69, 9.17) is 9.96 Å². The predicted octanol–water partition coefficient (Wildman–Crippen LogP) is 1.89. The fourth-order valence-electron chi connectivity index (χ4n) is 1.49. The second-order valence-electron chi connectivity index (χ2n) is 4.29. The monoisotopic (exact) mass is 302 g/mol. The lowest BCUT2D eigenvalue weighted by atomic mass is 10.1. The van der Waals surface area contributed by atoms with Gasteiger partial charge in [-0.15, -0.1) is 0 Å². The van der Waals surface area contributed by atoms with Crippen molar-refractivity contribution in [3.05, 3.63) is 29.8 Å². The Hall–Kier alpha value is -1.05. The SMILES string of the molecule is Cc1ccc(S(=O)(=O)O)cc1.N=C1NCCCC1S. The molecule has 1 unspecified atom stereocenters. The van der Waals surface area contributed by atoms with E-state index >= 15 is 0 Å². The van der Waals surface area contributed by atoms with E-state index in [0.717, 1.165) is 24.9 Å². The molecular weight excluding hydrogens is 284 g/mol. The van der Waals surface area contributed by atoms with Crippen molar-refractivity contribution in [1.82, 2.24) is 5.32 Å². The van der Waals surface area contributed by atoms with Crippen LogP contribution in [-0.2, 0) is 10.1 Å². The summed E-state index contributed by atoms with van der Waals surface area (Å²) < 4.78 is 29.6. The van der Waals surface area contributed by atoms with Crippen molar-refractivity contribution in [1.29, 1.82) is 5.41 Å². The molecule has 1 aliphatic rings. The third-order valence-corrected chi connectivity index (χ3v) is 4.01. The van der Waals surface area contributed by atoms with Crippen LogP contribution in [0.15, 0.2) is 29.2 Å². The van der Waals surface area contributed by atoms with Crippen molar-refractivity contribution < 1.29 is 13.0 Å². The van der Waals surface area contributed by atoms with Gasteiger partial charge in [0, 0.05) is 6.54 Å². The molecule has 1 aromatic carbocycles. The zero-order valence-electron chi connectivity index (χ0n) is 10.6. The molecule has 0 bridgehead atoms. The van der Waals surface area contributed by atoms with Crippen molar-refractivity contribution in [3.8, 4) is 0 Å². The number of hydrogen-bond acceptors (Lipinski definition) is 4. The Morgan fingerprint density at radius 2 is 1.95 bits per heavy atom. The Labute approximate surface area is 119 Å². The molecule has 1 aromatic rings. The molecule has 5 nitrogen and oxygen atoms in total. The lowest BCUT2D eigenvalue weighted by Gasteiger charge is -2.19. The maximum Gasteiger partial charge on any atom is 0.294 e. The van der Waals surface area contributed by atoms with Crippen molar-refractivity contribution in [2.24, 2.45) is 0 Å². The number of benzene rings is 1. The first-order valence-corrected chi connectivity index (χ1v) is 7.81. The standard InChI is InChI=1S/C7H8O3S.C5H10N2S/c1-6-2-4-7(5-3-6)11(8,9)10;6-5-4(8)2-1-3-7-5/h2-5H,1H3,(H,8,9,10);4,8H,1-3H2,(H2,6,7). The van der Waals surface area contributed by atoms with Crippen molar-refractivity contribution in [2.75, 3.05) is 6.54 Å². The third kappa shape index (κ3) is 5.63. The van der Waals surface area contributed by atoms with Gasteiger partial charge in [-0.1, -0.05) is 17.7 Å². The molecule has 0 saturated carbocycles. The van der Waals surface area contributed by atoms with E-state index in [1.807, 2.05) is 6.92 Å². The predicted molar refractivity (Wildman–Crippen MR) is 78.7 cm³/mol. The van der Waals surface area contributed by atoms with Crippen LogP contribution in [0.2, 0.25) is 0 Å². The van der Waals surface area contributed by atoms with Crippen molar-refractivity contribution >= 4 is 28.6 Å². The van der Waals surface area contributed by atoms with Gasteiger partial charge in [-0.3, -0.25) is 9.96 Å². The Morgan fingerprint density at radius 3 is 2.32 bits per heavy atom. The Kier molecular flexibility index (Phi) is 5.84. The van der Waals surface area contributed by atoms with Gasteiger partial charge < -0.3 is 5.32 Å². The van der Waals surface area contributed by atoms with Gasteiger partial charge in [-0.2, -0.15) is 21.0 Å². The summed E-state index contributed by atoms with van der Waals surface area (Å²) in [7, 11) is -4.02. The highest BCUT2D eigenvalue weighted by molar-refractivity contribution is 7.85. The van der Waals surface area contributed by atoms with Crippen LogP contribution in [0.25, 0.3) is 0 Å². The van der Waals surface area contributed by atoms with Crippen LogP contribution >= 0.6 is 12.6 Å². The molecule has 1 fully saturated rings. The summed E-state index contributed by atoms with van der Waals surface area (Å²) in [6.07, 6.45) is 2.20. The molecule has 0 amide bonds. The molecule has 0 radical (unpaired) electrons. The summed E-state index contributed by atoms with van der Waals surface area (Å²) in [4.78, 5) is -0.0666. The van der Waals surface area contributed by atoms with Gasteiger partial charge in [-0.25, -0.2) is 0 Å². The van der Waals surface area contributed by atoms with Gasteiger partial charge in [0.25, 0.3) is 10.1 Å². The van der Waals surface area contributed by atoms with E-state index < -0.39 is 10.1 Å². The summed E-state index contributed by atoms with van der Waals surface area (Å²) in [5.74, 6) is 0.583. The summed E-state index contributed by atoms with van der Waals surface area (Å²) in [5, 5.41) is 10.3. The fraction of sp³-hybridized carbons (Fsp3) is 0.417. The summed E-state index contributed by atoms with van der Waals surface area (Å²) in [6.45, 7) is 2.80. The molecule has 1 aliphatic heterocycles. The van der Waals surface area contributed by atoms with Crippen molar-refractivity contribution in [3.63, 3.8) is 0 Å². The van der Waals surface area contributed by atoms with E-state index in [-0.39, 0.29) is 10.1 Å². The first-order chi connectivity index (χ1) is 8.80. The van der Waals surface area contributed by atoms with E-state index in [0.29, 0.717) is 5.84 Å². The molecule has 1 heterocycles. The van der Waals surface area contributed by atoms with Crippen LogP contribution < -0.4 is 5.32 Å². The zero-order chi connectivity index (χ0) is 14.5. The van der Waals surface area contributed by atoms with Gasteiger partial charge in [0.1, 0.15) is 5.84 Å². The fourth-order valence-corrected chi connectivity index (χ4v) is 2.24. The zero-order valence-corrected chi connectivity index (χ0v) is 12.3. The van der Waals surface area contributed by atoms with Gasteiger partial charge in [0.15, 0.2) is 0 Å². The molecule has 1 atom stereocenters. The molecule has 106 valence electrons. The quantitative estimate of drug-likeness (QED) is 0.471. The first kappa shape index (κ1) is 16.0. The minimum Gasteiger partial charge on any atom is -0.373 e. The van der Waals surface area contributed by atoms with Crippen LogP contribution in [0, 0.1) is 12.3 Å². The summed E-state index contributed by atoms with van der Waals surface area (Å²) in [6, 6.07) is 5.99. The Balaban J connectivity index is 0.000000200. The smallest absolute Gasteiger partial charge is 0.294 e. The highest BCUT2D eigenvalue weighted by Gasteiger charge is 2.12. The number of thiol groups is 1. The largest absolute Gasteiger partial charge is 0.373 e. The lowest BCUT2D eigenvalue weighted by molar-refractivity contribution is 0.483. The Bertz CT molecular complexity index is 526. The van der Waals surface area contributed by atoms with Crippen LogP contribution in [0.3, 0.4) is 0 Å². The third-order valence-electron chi connectivity index (χ3n) is 2.62. The maximum absolute atomic E-state index is 10.5. The van der Waals surface area contributed by atoms with Gasteiger partial charge in [-0.05, 0) is 31.9 Å². The van der Waals surface area contributed by atoms with E-state index in [1.165, 1.54) is 12.1 Å². The van der Waals surface area contributed by atoms with Gasteiger partial charge in [0.05, 0.1) is 10.1 Å². The molecule has 3 N–H and O–H groups in total. The van der Waals surface area contributed by atoms with Crippen LogP contribution in [-0.4, -0.2) is 30.6 Å². The molecule has 0 spiro atoms. The van der Waals surface area contributed by atoms with E-state index in [2.05, 4.69) is 17.9 Å². The van der Waals surface area contributed by atoms with Crippen LogP contribution in [0.1, 0.15) is 18.4 Å². The normalized spacial score (nSPS) is 19.1. The molecule has 2 rings (SSSR count). The second kappa shape index (κ2) is 6.93. The average molecular weight is 302 g/mol. The second-order valence-corrected chi connectivity index (χ2v) is 6.33. The molecule has 7 heteroatoms. The first-order valence-electron chi connectivity index (χ1n) is 5.85. The minimum absolute atomic E-state index is 0.0666. The number of aryl methyl sites for hydroxylation is 1. The van der Waals surface area contributed by atoms with Gasteiger partial charge in [0.2, 0.25) is 0 Å². The summed E-state index contributed by atoms with van der Waals surface area (Å²) in [5.41, 5.74) is 0.956. The Morgan fingerprint density at radius 1 is 1.37 bits per heavy atom. The van der Waals surface area contributed by atoms with E-state index in [1.54, 1.807) is 12.1 Å². The lowest BCUT2D eigenvalue weighted by Crippen LogP contribution is -2.36. The number of piperidine rings is 1. The molecule has 19 heavy (non-hydrogen) atoms. The number of rotatable bonds is 1. The van der Waals surface area contributed by atoms with Crippen LogP contribution in [0.5, 0.6) is 0 Å². The highest BCUT2D eigenvalue weighted by Crippen LogP contribution is 2.09. The maximum atomic E-state index is 10.5. The number of amidine groups is 1. The summed E-state index contributed by atoms with van der Waals surface area (Å²) >= 11 is 4.17. The molecule has 0 aliphatic carbocycles. The molecular formula is C12H18N2O3S2. The minimum atomic E-state index is -4.02. The molecule has 0 aromatic heterocycles. The van der Waals surface area contributed by atoms with Gasteiger partial charge >= 0.3 is 0 Å². The number of hydrogen-bond donors (Lipinski definition) is 4. The highest BCUT2D eigenvalue weighted by atomic mass is 32.2. The molecule has 1 saturated heterocycles.